The summed E-state index contributed by atoms with van der Waals surface area (Å²) in [5, 5.41) is 3.19. The van der Waals surface area contributed by atoms with Crippen LogP contribution in [0.4, 0.5) is 0 Å². The van der Waals surface area contributed by atoms with E-state index in [0.29, 0.717) is 26.2 Å². The van der Waals surface area contributed by atoms with Gasteiger partial charge >= 0.3 is 0 Å². The molecule has 0 saturated carbocycles. The molecule has 0 aromatic heterocycles. The molecule has 20 heavy (non-hydrogen) atoms. The summed E-state index contributed by atoms with van der Waals surface area (Å²) in [5.41, 5.74) is 7.42. The highest BCUT2D eigenvalue weighted by Crippen LogP contribution is 2.27. The highest BCUT2D eigenvalue weighted by molar-refractivity contribution is 5.81. The van der Waals surface area contributed by atoms with Crippen LogP contribution < -0.4 is 11.1 Å². The standard InChI is InChI=1S/C15H21N3O2/c16-13-10-18(15(19)14-8-17-6-7-20-14)9-12(13)11-4-2-1-3-5-11/h1-5,12-14,17H,6-10,16H2/t12-,13+,14+/m0/s1. The third-order valence-corrected chi connectivity index (χ3v) is 4.11. The summed E-state index contributed by atoms with van der Waals surface area (Å²) in [4.78, 5) is 14.3. The van der Waals surface area contributed by atoms with E-state index < -0.39 is 0 Å². The van der Waals surface area contributed by atoms with Crippen molar-refractivity contribution < 1.29 is 9.53 Å². The predicted octanol–water partition coefficient (Wildman–Crippen LogP) is -0.0719. The summed E-state index contributed by atoms with van der Waals surface area (Å²) in [5.74, 6) is 0.280. The lowest BCUT2D eigenvalue weighted by Gasteiger charge is -2.27. The number of amides is 1. The van der Waals surface area contributed by atoms with Gasteiger partial charge in [0.1, 0.15) is 6.10 Å². The van der Waals surface area contributed by atoms with E-state index in [1.165, 1.54) is 5.56 Å². The third kappa shape index (κ3) is 2.70. The molecule has 2 heterocycles. The zero-order valence-electron chi connectivity index (χ0n) is 11.5. The van der Waals surface area contributed by atoms with Gasteiger partial charge in [0, 0.05) is 38.1 Å². The van der Waals surface area contributed by atoms with Gasteiger partial charge in [-0.05, 0) is 5.56 Å². The SMILES string of the molecule is N[C@@H]1CN(C(=O)[C@H]2CNCCO2)C[C@H]1c1ccccc1. The van der Waals surface area contributed by atoms with Crippen LogP contribution in [0.2, 0.25) is 0 Å². The van der Waals surface area contributed by atoms with Crippen LogP contribution >= 0.6 is 0 Å². The van der Waals surface area contributed by atoms with E-state index in [4.69, 9.17) is 10.5 Å². The van der Waals surface area contributed by atoms with E-state index in [1.807, 2.05) is 23.1 Å². The number of nitrogens with two attached hydrogens (primary N) is 1. The summed E-state index contributed by atoms with van der Waals surface area (Å²) in [6, 6.07) is 10.2. The molecule has 2 saturated heterocycles. The maximum atomic E-state index is 12.4. The number of benzene rings is 1. The van der Waals surface area contributed by atoms with E-state index in [9.17, 15) is 4.79 Å². The van der Waals surface area contributed by atoms with Crippen LogP contribution in [0, 0.1) is 0 Å². The molecule has 1 aromatic carbocycles. The summed E-state index contributed by atoms with van der Waals surface area (Å²) < 4.78 is 5.53. The summed E-state index contributed by atoms with van der Waals surface area (Å²) >= 11 is 0. The fourth-order valence-electron chi connectivity index (χ4n) is 2.99. The highest BCUT2D eigenvalue weighted by Gasteiger charge is 2.37. The Labute approximate surface area is 119 Å². The van der Waals surface area contributed by atoms with Crippen molar-refractivity contribution in [3.05, 3.63) is 35.9 Å². The van der Waals surface area contributed by atoms with Crippen LogP contribution in [0.3, 0.4) is 0 Å². The van der Waals surface area contributed by atoms with Crippen LogP contribution in [0.5, 0.6) is 0 Å². The first-order chi connectivity index (χ1) is 9.75. The molecule has 0 bridgehead atoms. The zero-order chi connectivity index (χ0) is 13.9. The predicted molar refractivity (Wildman–Crippen MR) is 76.3 cm³/mol. The van der Waals surface area contributed by atoms with Crippen molar-refractivity contribution in [1.82, 2.24) is 10.2 Å². The molecule has 2 aliphatic rings. The molecule has 0 spiro atoms. The Balaban J connectivity index is 1.67. The maximum absolute atomic E-state index is 12.4. The molecular formula is C15H21N3O2. The molecule has 3 N–H and O–H groups in total. The van der Waals surface area contributed by atoms with Gasteiger partial charge in [0.25, 0.3) is 5.91 Å². The minimum absolute atomic E-state index is 0.00194. The number of carbonyl (C=O) groups excluding carboxylic acids is 1. The van der Waals surface area contributed by atoms with Crippen LogP contribution in [0.15, 0.2) is 30.3 Å². The molecule has 2 aliphatic heterocycles. The Kier molecular flexibility index (Phi) is 4.00. The molecule has 0 unspecified atom stereocenters. The quantitative estimate of drug-likeness (QED) is 0.793. The van der Waals surface area contributed by atoms with Crippen LogP contribution in [-0.2, 0) is 9.53 Å². The number of hydrogen-bond acceptors (Lipinski definition) is 4. The van der Waals surface area contributed by atoms with Crippen molar-refractivity contribution in [2.75, 3.05) is 32.8 Å². The molecule has 5 nitrogen and oxygen atoms in total. The lowest BCUT2D eigenvalue weighted by Crippen LogP contribution is -2.49. The minimum Gasteiger partial charge on any atom is -0.366 e. The number of likely N-dealkylation sites (tertiary alicyclic amines) is 1. The summed E-state index contributed by atoms with van der Waals surface area (Å²) in [6.45, 7) is 3.30. The molecule has 1 amide bonds. The molecule has 5 heteroatoms. The molecule has 1 aromatic rings. The van der Waals surface area contributed by atoms with Crippen LogP contribution in [0.25, 0.3) is 0 Å². The highest BCUT2D eigenvalue weighted by atomic mass is 16.5. The molecule has 0 aliphatic carbocycles. The van der Waals surface area contributed by atoms with E-state index in [2.05, 4.69) is 17.4 Å². The average Bonchev–Trinajstić information content (AvgIpc) is 2.90. The number of nitrogens with one attached hydrogen (secondary N) is 1. The van der Waals surface area contributed by atoms with Gasteiger partial charge in [-0.15, -0.1) is 0 Å². The van der Waals surface area contributed by atoms with Crippen LogP contribution in [0.1, 0.15) is 11.5 Å². The fraction of sp³-hybridized carbons (Fsp3) is 0.533. The molecule has 3 rings (SSSR count). The number of hydrogen-bond donors (Lipinski definition) is 2. The monoisotopic (exact) mass is 275 g/mol. The molecule has 2 fully saturated rings. The van der Waals surface area contributed by atoms with Crippen molar-refractivity contribution in [3.8, 4) is 0 Å². The van der Waals surface area contributed by atoms with E-state index in [-0.39, 0.29) is 24.0 Å². The second kappa shape index (κ2) is 5.91. The van der Waals surface area contributed by atoms with Gasteiger partial charge in [-0.2, -0.15) is 0 Å². The third-order valence-electron chi connectivity index (χ3n) is 4.11. The summed E-state index contributed by atoms with van der Waals surface area (Å²) in [6.07, 6.45) is -0.356. The largest absolute Gasteiger partial charge is 0.366 e. The Morgan fingerprint density at radius 1 is 1.30 bits per heavy atom. The molecular weight excluding hydrogens is 254 g/mol. The average molecular weight is 275 g/mol. The van der Waals surface area contributed by atoms with Gasteiger partial charge < -0.3 is 20.7 Å². The molecule has 0 radical (unpaired) electrons. The van der Waals surface area contributed by atoms with Crippen molar-refractivity contribution in [2.24, 2.45) is 5.73 Å². The Morgan fingerprint density at radius 2 is 2.10 bits per heavy atom. The Morgan fingerprint density at radius 3 is 2.80 bits per heavy atom. The first-order valence-electron chi connectivity index (χ1n) is 7.17. The topological polar surface area (TPSA) is 67.6 Å². The van der Waals surface area contributed by atoms with Crippen molar-refractivity contribution in [1.29, 1.82) is 0 Å². The van der Waals surface area contributed by atoms with Gasteiger partial charge in [-0.25, -0.2) is 0 Å². The number of nitrogens with zero attached hydrogens (tertiary/aromatic N) is 1. The van der Waals surface area contributed by atoms with E-state index in [1.54, 1.807) is 0 Å². The second-order valence-electron chi connectivity index (χ2n) is 5.49. The van der Waals surface area contributed by atoms with Crippen molar-refractivity contribution in [2.45, 2.75) is 18.1 Å². The first-order valence-corrected chi connectivity index (χ1v) is 7.17. The number of morpholine rings is 1. The Bertz CT molecular complexity index is 459. The number of rotatable bonds is 2. The van der Waals surface area contributed by atoms with Gasteiger partial charge in [0.05, 0.1) is 6.61 Å². The minimum atomic E-state index is -0.356. The second-order valence-corrected chi connectivity index (χ2v) is 5.49. The first kappa shape index (κ1) is 13.5. The lowest BCUT2D eigenvalue weighted by molar-refractivity contribution is -0.144. The molecule has 3 atom stereocenters. The number of carbonyl (C=O) groups is 1. The smallest absolute Gasteiger partial charge is 0.253 e. The fourth-order valence-corrected chi connectivity index (χ4v) is 2.99. The van der Waals surface area contributed by atoms with E-state index in [0.717, 1.165) is 6.54 Å². The maximum Gasteiger partial charge on any atom is 0.253 e. The van der Waals surface area contributed by atoms with E-state index >= 15 is 0 Å². The van der Waals surface area contributed by atoms with Gasteiger partial charge in [0.15, 0.2) is 0 Å². The zero-order valence-corrected chi connectivity index (χ0v) is 11.5. The van der Waals surface area contributed by atoms with Gasteiger partial charge in [-0.3, -0.25) is 4.79 Å². The van der Waals surface area contributed by atoms with Crippen molar-refractivity contribution in [3.63, 3.8) is 0 Å². The van der Waals surface area contributed by atoms with Crippen molar-refractivity contribution >= 4 is 5.91 Å². The van der Waals surface area contributed by atoms with Gasteiger partial charge in [0.2, 0.25) is 0 Å². The molecule has 108 valence electrons. The number of ether oxygens (including phenoxy) is 1. The van der Waals surface area contributed by atoms with Crippen LogP contribution in [-0.4, -0.2) is 55.7 Å². The lowest BCUT2D eigenvalue weighted by atomic mass is 9.95. The van der Waals surface area contributed by atoms with Gasteiger partial charge in [-0.1, -0.05) is 30.3 Å². The normalized spacial score (nSPS) is 30.4. The summed E-state index contributed by atoms with van der Waals surface area (Å²) in [7, 11) is 0. The Hall–Kier alpha value is -1.43.